The minimum absolute atomic E-state index is 0.0642. The zero-order chi connectivity index (χ0) is 20.8. The van der Waals surface area contributed by atoms with E-state index in [-0.39, 0.29) is 5.75 Å². The number of hydrogen-bond acceptors (Lipinski definition) is 6. The molecule has 0 aliphatic rings. The fourth-order valence-electron chi connectivity index (χ4n) is 2.59. The Hall–Kier alpha value is -3.32. The number of hydrogen-bond donors (Lipinski definition) is 1. The molecule has 0 saturated carbocycles. The first-order valence-corrected chi connectivity index (χ1v) is 9.81. The summed E-state index contributed by atoms with van der Waals surface area (Å²) in [5.41, 5.74) is 3.62. The maximum atomic E-state index is 10.00. The zero-order valence-electron chi connectivity index (χ0n) is 16.6. The molecule has 0 amide bonds. The Morgan fingerprint density at radius 1 is 1.17 bits per heavy atom. The summed E-state index contributed by atoms with van der Waals surface area (Å²) in [5, 5.41) is 16.6. The normalized spacial score (nSPS) is 11.8. The van der Waals surface area contributed by atoms with Gasteiger partial charge in [0, 0.05) is 10.9 Å². The standard InChI is InChI=1S/C22H23N3O3S/c1-15(2)12-23-22-25(24-13-16-5-10-21(28-4)20(26)11-16)19(14-29-22)17-6-8-18(27-3)9-7-17/h5-11,13-14,26H,1,12H2,2-4H3. The van der Waals surface area contributed by atoms with E-state index in [1.807, 2.05) is 42.6 Å². The molecule has 150 valence electrons. The Morgan fingerprint density at radius 2 is 1.93 bits per heavy atom. The summed E-state index contributed by atoms with van der Waals surface area (Å²) in [7, 11) is 3.16. The molecule has 6 nitrogen and oxygen atoms in total. The van der Waals surface area contributed by atoms with Crippen LogP contribution in [0.15, 0.2) is 70.1 Å². The van der Waals surface area contributed by atoms with Crippen molar-refractivity contribution < 1.29 is 14.6 Å². The lowest BCUT2D eigenvalue weighted by Gasteiger charge is -2.06. The summed E-state index contributed by atoms with van der Waals surface area (Å²) in [5.74, 6) is 1.27. The number of rotatable bonds is 7. The van der Waals surface area contributed by atoms with Gasteiger partial charge in [-0.1, -0.05) is 12.2 Å². The smallest absolute Gasteiger partial charge is 0.206 e. The molecule has 29 heavy (non-hydrogen) atoms. The van der Waals surface area contributed by atoms with Crippen molar-refractivity contribution in [2.24, 2.45) is 10.1 Å². The van der Waals surface area contributed by atoms with E-state index in [1.165, 1.54) is 18.4 Å². The molecule has 0 saturated heterocycles. The van der Waals surface area contributed by atoms with E-state index in [4.69, 9.17) is 9.47 Å². The van der Waals surface area contributed by atoms with E-state index in [9.17, 15) is 5.11 Å². The van der Waals surface area contributed by atoms with Crippen LogP contribution >= 0.6 is 11.3 Å². The van der Waals surface area contributed by atoms with E-state index in [0.717, 1.165) is 32.9 Å². The van der Waals surface area contributed by atoms with Crippen molar-refractivity contribution in [2.75, 3.05) is 20.8 Å². The first kappa shape index (κ1) is 20.4. The molecular weight excluding hydrogens is 386 g/mol. The van der Waals surface area contributed by atoms with E-state index < -0.39 is 0 Å². The summed E-state index contributed by atoms with van der Waals surface area (Å²) >= 11 is 1.51. The van der Waals surface area contributed by atoms with Gasteiger partial charge in [0.25, 0.3) is 0 Å². The van der Waals surface area contributed by atoms with Gasteiger partial charge in [0.05, 0.1) is 32.7 Å². The quantitative estimate of drug-likeness (QED) is 0.467. The average Bonchev–Trinajstić information content (AvgIpc) is 3.13. The fraction of sp³-hybridized carbons (Fsp3) is 0.182. The molecule has 7 heteroatoms. The van der Waals surface area contributed by atoms with Gasteiger partial charge in [-0.05, 0) is 55.0 Å². The lowest BCUT2D eigenvalue weighted by molar-refractivity contribution is 0.373. The number of aromatic hydroxyl groups is 1. The predicted octanol–water partition coefficient (Wildman–Crippen LogP) is 4.30. The molecule has 0 spiro atoms. The van der Waals surface area contributed by atoms with Crippen molar-refractivity contribution in [1.29, 1.82) is 0 Å². The van der Waals surface area contributed by atoms with E-state index in [0.29, 0.717) is 12.3 Å². The molecule has 0 bridgehead atoms. The highest BCUT2D eigenvalue weighted by atomic mass is 32.1. The second kappa shape index (κ2) is 9.25. The molecule has 1 heterocycles. The van der Waals surface area contributed by atoms with Crippen LogP contribution in [0.5, 0.6) is 17.2 Å². The Bertz CT molecular complexity index is 1100. The number of nitrogens with zero attached hydrogens (tertiary/aromatic N) is 3. The number of aromatic nitrogens is 1. The Balaban J connectivity index is 2.03. The highest BCUT2D eigenvalue weighted by molar-refractivity contribution is 7.07. The van der Waals surface area contributed by atoms with Gasteiger partial charge in [0.15, 0.2) is 11.5 Å². The third-order valence-corrected chi connectivity index (χ3v) is 4.93. The van der Waals surface area contributed by atoms with Crippen LogP contribution in [0.1, 0.15) is 12.5 Å². The molecule has 0 radical (unpaired) electrons. The highest BCUT2D eigenvalue weighted by Crippen LogP contribution is 2.26. The van der Waals surface area contributed by atoms with E-state index in [1.54, 1.807) is 30.1 Å². The molecular formula is C22H23N3O3S. The van der Waals surface area contributed by atoms with Gasteiger partial charge in [-0.15, -0.1) is 11.3 Å². The van der Waals surface area contributed by atoms with Crippen LogP contribution in [0.25, 0.3) is 11.3 Å². The van der Waals surface area contributed by atoms with Gasteiger partial charge in [0.1, 0.15) is 5.75 Å². The number of benzene rings is 2. The molecule has 3 aromatic rings. The van der Waals surface area contributed by atoms with Crippen LogP contribution < -0.4 is 14.3 Å². The van der Waals surface area contributed by atoms with Crippen LogP contribution in [-0.4, -0.2) is 36.8 Å². The summed E-state index contributed by atoms with van der Waals surface area (Å²) in [6, 6.07) is 12.9. The number of phenolic OH excluding ortho intramolecular Hbond substituents is 1. The maximum Gasteiger partial charge on any atom is 0.206 e. The van der Waals surface area contributed by atoms with Crippen molar-refractivity contribution in [3.63, 3.8) is 0 Å². The second-order valence-corrected chi connectivity index (χ2v) is 7.23. The first-order valence-electron chi connectivity index (χ1n) is 8.93. The van der Waals surface area contributed by atoms with Crippen molar-refractivity contribution in [2.45, 2.75) is 6.92 Å². The molecule has 0 unspecified atom stereocenters. The van der Waals surface area contributed by atoms with Crippen LogP contribution in [0.2, 0.25) is 0 Å². The van der Waals surface area contributed by atoms with Gasteiger partial charge in [-0.2, -0.15) is 5.10 Å². The topological polar surface area (TPSA) is 68.3 Å². The Morgan fingerprint density at radius 3 is 2.55 bits per heavy atom. The molecule has 2 aromatic carbocycles. The molecule has 1 N–H and O–H groups in total. The highest BCUT2D eigenvalue weighted by Gasteiger charge is 2.08. The van der Waals surface area contributed by atoms with Crippen molar-refractivity contribution in [3.8, 4) is 28.5 Å². The lowest BCUT2D eigenvalue weighted by atomic mass is 10.2. The first-order chi connectivity index (χ1) is 14.0. The molecule has 0 atom stereocenters. The number of ether oxygens (including phenoxy) is 2. The Kier molecular flexibility index (Phi) is 6.51. The summed E-state index contributed by atoms with van der Waals surface area (Å²) < 4.78 is 12.1. The van der Waals surface area contributed by atoms with Crippen LogP contribution in [0, 0.1) is 0 Å². The largest absolute Gasteiger partial charge is 0.504 e. The van der Waals surface area contributed by atoms with Gasteiger partial charge < -0.3 is 14.6 Å². The van der Waals surface area contributed by atoms with Gasteiger partial charge in [-0.25, -0.2) is 4.68 Å². The number of phenols is 1. The SMILES string of the molecule is C=C(C)CN=c1scc(-c2ccc(OC)cc2)n1N=Cc1ccc(OC)c(O)c1. The minimum atomic E-state index is 0.0642. The molecule has 0 fully saturated rings. The van der Waals surface area contributed by atoms with Gasteiger partial charge in [0.2, 0.25) is 4.80 Å². The third-order valence-electron chi connectivity index (χ3n) is 4.08. The third kappa shape index (κ3) is 4.94. The molecule has 0 aliphatic carbocycles. The monoisotopic (exact) mass is 409 g/mol. The fourth-order valence-corrected chi connectivity index (χ4v) is 3.43. The van der Waals surface area contributed by atoms with Crippen molar-refractivity contribution in [3.05, 3.63) is 70.4 Å². The summed E-state index contributed by atoms with van der Waals surface area (Å²) in [6.45, 7) is 6.38. The van der Waals surface area contributed by atoms with E-state index in [2.05, 4.69) is 16.7 Å². The lowest BCUT2D eigenvalue weighted by Crippen LogP contribution is -2.13. The van der Waals surface area contributed by atoms with Gasteiger partial charge in [-0.3, -0.25) is 4.99 Å². The maximum absolute atomic E-state index is 10.00. The second-order valence-electron chi connectivity index (χ2n) is 6.39. The average molecular weight is 410 g/mol. The van der Waals surface area contributed by atoms with Crippen LogP contribution in [0.3, 0.4) is 0 Å². The number of methoxy groups -OCH3 is 2. The zero-order valence-corrected chi connectivity index (χ0v) is 17.4. The van der Waals surface area contributed by atoms with E-state index >= 15 is 0 Å². The van der Waals surface area contributed by atoms with Crippen LogP contribution in [0.4, 0.5) is 0 Å². The minimum Gasteiger partial charge on any atom is -0.504 e. The molecule has 3 rings (SSSR count). The van der Waals surface area contributed by atoms with Crippen molar-refractivity contribution >= 4 is 17.6 Å². The summed E-state index contributed by atoms with van der Waals surface area (Å²) in [6.07, 6.45) is 1.68. The van der Waals surface area contributed by atoms with Crippen LogP contribution in [-0.2, 0) is 0 Å². The molecule has 1 aromatic heterocycles. The molecule has 0 aliphatic heterocycles. The summed E-state index contributed by atoms with van der Waals surface area (Å²) in [4.78, 5) is 5.37. The van der Waals surface area contributed by atoms with Crippen molar-refractivity contribution in [1.82, 2.24) is 4.68 Å². The predicted molar refractivity (Wildman–Crippen MR) is 117 cm³/mol. The Labute approximate surface area is 173 Å². The number of thiazole rings is 1. The van der Waals surface area contributed by atoms with Gasteiger partial charge >= 0.3 is 0 Å².